The topological polar surface area (TPSA) is 15.3 Å². The second kappa shape index (κ2) is 3.39. The monoisotopic (exact) mass is 222 g/mol. The van der Waals surface area contributed by atoms with Gasteiger partial charge >= 0.3 is 0 Å². The Balaban J connectivity index is 2.11. The number of halogens is 1. The number of nitrogens with zero attached hydrogens (tertiary/aromatic N) is 1. The predicted octanol–water partition coefficient (Wildman–Crippen LogP) is 2.24. The molecule has 1 saturated heterocycles. The molecule has 0 bridgehead atoms. The van der Waals surface area contributed by atoms with Crippen LogP contribution in [-0.4, -0.2) is 26.2 Å². The number of para-hydroxylation sites is 1. The molecule has 1 N–H and O–H groups in total. The average Bonchev–Trinajstić information content (AvgIpc) is 2.55. The number of rotatable bonds is 0. The Bertz CT molecular complexity index is 391. The molecule has 0 spiro atoms. The molecular weight excluding hydrogens is 208 g/mol. The Labute approximate surface area is 95.2 Å². The summed E-state index contributed by atoms with van der Waals surface area (Å²) in [5.41, 5.74) is 2.69. The van der Waals surface area contributed by atoms with Crippen molar-refractivity contribution in [3.05, 3.63) is 28.8 Å². The van der Waals surface area contributed by atoms with Crippen LogP contribution in [0.5, 0.6) is 0 Å². The SMILES string of the molecule is CN1c2c(Cl)cccc2C2CCNCC21. The third-order valence-corrected chi connectivity index (χ3v) is 4.02. The van der Waals surface area contributed by atoms with Gasteiger partial charge in [-0.1, -0.05) is 23.7 Å². The summed E-state index contributed by atoms with van der Waals surface area (Å²) in [4.78, 5) is 2.34. The van der Waals surface area contributed by atoms with Gasteiger partial charge in [-0.05, 0) is 24.6 Å². The molecule has 0 radical (unpaired) electrons. The van der Waals surface area contributed by atoms with Crippen molar-refractivity contribution < 1.29 is 0 Å². The summed E-state index contributed by atoms with van der Waals surface area (Å²) in [6.45, 7) is 2.20. The lowest BCUT2D eigenvalue weighted by molar-refractivity contribution is 0.413. The van der Waals surface area contributed by atoms with Crippen molar-refractivity contribution in [3.8, 4) is 0 Å². The maximum Gasteiger partial charge on any atom is 0.0642 e. The molecule has 2 unspecified atom stereocenters. The average molecular weight is 223 g/mol. The van der Waals surface area contributed by atoms with Crippen molar-refractivity contribution in [2.75, 3.05) is 25.0 Å². The lowest BCUT2D eigenvalue weighted by atomic mass is 9.89. The zero-order chi connectivity index (χ0) is 10.4. The normalized spacial score (nSPS) is 28.8. The van der Waals surface area contributed by atoms with Crippen molar-refractivity contribution in [1.29, 1.82) is 0 Å². The fourth-order valence-electron chi connectivity index (χ4n) is 2.98. The fraction of sp³-hybridized carbons (Fsp3) is 0.500. The van der Waals surface area contributed by atoms with Gasteiger partial charge in [0.15, 0.2) is 0 Å². The van der Waals surface area contributed by atoms with Gasteiger partial charge < -0.3 is 10.2 Å². The van der Waals surface area contributed by atoms with Crippen LogP contribution in [0, 0.1) is 0 Å². The Morgan fingerprint density at radius 3 is 3.20 bits per heavy atom. The van der Waals surface area contributed by atoms with Crippen molar-refractivity contribution in [2.24, 2.45) is 0 Å². The predicted molar refractivity (Wildman–Crippen MR) is 63.9 cm³/mol. The number of likely N-dealkylation sites (N-methyl/N-ethyl adjacent to an activating group) is 1. The van der Waals surface area contributed by atoms with Crippen LogP contribution in [0.2, 0.25) is 5.02 Å². The number of nitrogens with one attached hydrogen (secondary N) is 1. The number of anilines is 1. The number of hydrogen-bond acceptors (Lipinski definition) is 2. The van der Waals surface area contributed by atoms with E-state index in [-0.39, 0.29) is 0 Å². The van der Waals surface area contributed by atoms with E-state index in [1.165, 1.54) is 17.7 Å². The molecule has 0 aromatic heterocycles. The number of piperidine rings is 1. The Morgan fingerprint density at radius 2 is 2.33 bits per heavy atom. The van der Waals surface area contributed by atoms with E-state index < -0.39 is 0 Å². The first-order valence-electron chi connectivity index (χ1n) is 5.51. The molecular formula is C12H15ClN2. The van der Waals surface area contributed by atoms with E-state index >= 15 is 0 Å². The number of hydrogen-bond donors (Lipinski definition) is 1. The molecule has 1 aromatic carbocycles. The summed E-state index contributed by atoms with van der Waals surface area (Å²) in [7, 11) is 2.16. The molecule has 80 valence electrons. The van der Waals surface area contributed by atoms with E-state index in [1.807, 2.05) is 6.07 Å². The highest BCUT2D eigenvalue weighted by Gasteiger charge is 2.38. The molecule has 2 nitrogen and oxygen atoms in total. The summed E-state index contributed by atoms with van der Waals surface area (Å²) in [6.07, 6.45) is 1.22. The van der Waals surface area contributed by atoms with Gasteiger partial charge in [-0.2, -0.15) is 0 Å². The molecule has 15 heavy (non-hydrogen) atoms. The maximum atomic E-state index is 6.27. The largest absolute Gasteiger partial charge is 0.368 e. The second-order valence-electron chi connectivity index (χ2n) is 4.46. The second-order valence-corrected chi connectivity index (χ2v) is 4.86. The first kappa shape index (κ1) is 9.49. The van der Waals surface area contributed by atoms with Crippen LogP contribution in [0.3, 0.4) is 0 Å². The van der Waals surface area contributed by atoms with Crippen molar-refractivity contribution >= 4 is 17.3 Å². The minimum Gasteiger partial charge on any atom is -0.368 e. The van der Waals surface area contributed by atoms with Gasteiger partial charge in [-0.15, -0.1) is 0 Å². The molecule has 2 atom stereocenters. The quantitative estimate of drug-likeness (QED) is 0.724. The molecule has 0 saturated carbocycles. The van der Waals surface area contributed by atoms with Gasteiger partial charge in [0, 0.05) is 25.6 Å². The lowest BCUT2D eigenvalue weighted by Crippen LogP contribution is -2.44. The minimum absolute atomic E-state index is 0.591. The zero-order valence-electron chi connectivity index (χ0n) is 8.83. The molecule has 3 heteroatoms. The van der Waals surface area contributed by atoms with Gasteiger partial charge in [-0.3, -0.25) is 0 Å². The van der Waals surface area contributed by atoms with Gasteiger partial charge in [0.05, 0.1) is 10.7 Å². The van der Waals surface area contributed by atoms with Crippen LogP contribution >= 0.6 is 11.6 Å². The molecule has 0 aliphatic carbocycles. The van der Waals surface area contributed by atoms with Crippen LogP contribution < -0.4 is 10.2 Å². The molecule has 1 aromatic rings. The van der Waals surface area contributed by atoms with Crippen LogP contribution in [-0.2, 0) is 0 Å². The van der Waals surface area contributed by atoms with E-state index in [1.54, 1.807) is 0 Å². The highest BCUT2D eigenvalue weighted by atomic mass is 35.5. The van der Waals surface area contributed by atoms with Gasteiger partial charge in [0.2, 0.25) is 0 Å². The number of benzene rings is 1. The maximum absolute atomic E-state index is 6.27. The Hall–Kier alpha value is -0.730. The fourth-order valence-corrected chi connectivity index (χ4v) is 3.30. The Morgan fingerprint density at radius 1 is 1.47 bits per heavy atom. The summed E-state index contributed by atoms with van der Waals surface area (Å²) in [5, 5.41) is 4.35. The summed E-state index contributed by atoms with van der Waals surface area (Å²) in [5.74, 6) is 0.671. The zero-order valence-corrected chi connectivity index (χ0v) is 9.59. The van der Waals surface area contributed by atoms with Crippen LogP contribution in [0.25, 0.3) is 0 Å². The van der Waals surface area contributed by atoms with E-state index in [4.69, 9.17) is 11.6 Å². The van der Waals surface area contributed by atoms with E-state index in [9.17, 15) is 0 Å². The van der Waals surface area contributed by atoms with Crippen LogP contribution in [0.4, 0.5) is 5.69 Å². The molecule has 1 fully saturated rings. The van der Waals surface area contributed by atoms with Gasteiger partial charge in [-0.25, -0.2) is 0 Å². The van der Waals surface area contributed by atoms with E-state index in [0.29, 0.717) is 12.0 Å². The van der Waals surface area contributed by atoms with Crippen molar-refractivity contribution in [3.63, 3.8) is 0 Å². The van der Waals surface area contributed by atoms with Crippen molar-refractivity contribution in [2.45, 2.75) is 18.4 Å². The molecule has 3 rings (SSSR count). The summed E-state index contributed by atoms with van der Waals surface area (Å²) in [6, 6.07) is 6.88. The van der Waals surface area contributed by atoms with Crippen LogP contribution in [0.1, 0.15) is 17.9 Å². The molecule has 2 aliphatic heterocycles. The van der Waals surface area contributed by atoms with Gasteiger partial charge in [0.1, 0.15) is 0 Å². The first-order chi connectivity index (χ1) is 7.29. The molecule has 0 amide bonds. The molecule has 2 heterocycles. The Kier molecular flexibility index (Phi) is 2.15. The minimum atomic E-state index is 0.591. The van der Waals surface area contributed by atoms with Gasteiger partial charge in [0.25, 0.3) is 0 Å². The van der Waals surface area contributed by atoms with Crippen LogP contribution in [0.15, 0.2) is 18.2 Å². The lowest BCUT2D eigenvalue weighted by Gasteiger charge is -2.31. The standard InChI is InChI=1S/C12H15ClN2/c1-15-11-7-14-6-5-8(11)9-3-2-4-10(13)12(9)15/h2-4,8,11,14H,5-7H2,1H3. The van der Waals surface area contributed by atoms with E-state index in [2.05, 4.69) is 29.4 Å². The summed E-state index contributed by atoms with van der Waals surface area (Å²) < 4.78 is 0. The highest BCUT2D eigenvalue weighted by molar-refractivity contribution is 6.33. The highest BCUT2D eigenvalue weighted by Crippen LogP contribution is 2.46. The first-order valence-corrected chi connectivity index (χ1v) is 5.89. The number of fused-ring (bicyclic) bond motifs is 3. The van der Waals surface area contributed by atoms with E-state index in [0.717, 1.165) is 18.1 Å². The summed E-state index contributed by atoms with van der Waals surface area (Å²) >= 11 is 6.27. The van der Waals surface area contributed by atoms with Crippen molar-refractivity contribution in [1.82, 2.24) is 5.32 Å². The molecule has 2 aliphatic rings. The third-order valence-electron chi connectivity index (χ3n) is 3.72. The smallest absolute Gasteiger partial charge is 0.0642 e. The third kappa shape index (κ3) is 1.28.